The summed E-state index contributed by atoms with van der Waals surface area (Å²) in [5.74, 6) is 1.67. The second-order valence-electron chi connectivity index (χ2n) is 4.27. The summed E-state index contributed by atoms with van der Waals surface area (Å²) in [5, 5.41) is 18.5. The number of thioether (sulfide) groups is 1. The van der Waals surface area contributed by atoms with Gasteiger partial charge in [-0.15, -0.1) is 10.2 Å². The summed E-state index contributed by atoms with van der Waals surface area (Å²) in [4.78, 5) is 11.7. The number of nitrogens with zero attached hydrogens (tertiary/aromatic N) is 3. The zero-order chi connectivity index (χ0) is 15.1. The average molecular weight is 327 g/mol. The van der Waals surface area contributed by atoms with Gasteiger partial charge in [-0.05, 0) is 13.3 Å². The lowest BCUT2D eigenvalue weighted by Gasteiger charge is -1.99. The largest absolute Gasteiger partial charge is 0.360 e. The summed E-state index contributed by atoms with van der Waals surface area (Å²) in [5.41, 5.74) is 0. The third kappa shape index (κ3) is 5.35. The van der Waals surface area contributed by atoms with Gasteiger partial charge in [0.1, 0.15) is 5.76 Å². The standard InChI is InChI=1S/C12H17N5O2S2/c1-3-5-13-11-15-16-12(21-11)20-6-4-10(18)14-9-7-8(2)19-17-9/h7H,3-6H2,1-2H3,(H,13,15)(H,14,17,18). The number of nitrogens with one attached hydrogen (secondary N) is 2. The van der Waals surface area contributed by atoms with E-state index in [4.69, 9.17) is 4.52 Å². The molecule has 9 heteroatoms. The summed E-state index contributed by atoms with van der Waals surface area (Å²) < 4.78 is 5.74. The number of carbonyl (C=O) groups excluding carboxylic acids is 1. The number of aromatic nitrogens is 3. The van der Waals surface area contributed by atoms with Crippen LogP contribution in [0.25, 0.3) is 0 Å². The lowest BCUT2D eigenvalue weighted by molar-refractivity contribution is -0.115. The van der Waals surface area contributed by atoms with Crippen molar-refractivity contribution in [2.45, 2.75) is 31.0 Å². The van der Waals surface area contributed by atoms with Crippen molar-refractivity contribution in [2.24, 2.45) is 0 Å². The highest BCUT2D eigenvalue weighted by Crippen LogP contribution is 2.25. The maximum Gasteiger partial charge on any atom is 0.226 e. The molecule has 0 aromatic carbocycles. The Morgan fingerprint density at radius 2 is 2.33 bits per heavy atom. The fraction of sp³-hybridized carbons (Fsp3) is 0.500. The third-order valence-electron chi connectivity index (χ3n) is 2.38. The number of anilines is 2. The molecule has 0 unspecified atom stereocenters. The molecule has 0 aliphatic rings. The molecule has 0 aliphatic carbocycles. The minimum atomic E-state index is -0.0929. The van der Waals surface area contributed by atoms with Crippen LogP contribution in [0, 0.1) is 6.92 Å². The van der Waals surface area contributed by atoms with Crippen LogP contribution in [0.15, 0.2) is 14.9 Å². The maximum absolute atomic E-state index is 11.7. The fourth-order valence-electron chi connectivity index (χ4n) is 1.43. The molecule has 0 aliphatic heterocycles. The molecule has 2 aromatic rings. The van der Waals surface area contributed by atoms with E-state index >= 15 is 0 Å². The van der Waals surface area contributed by atoms with E-state index in [9.17, 15) is 4.79 Å². The highest BCUT2D eigenvalue weighted by molar-refractivity contribution is 8.01. The van der Waals surface area contributed by atoms with Crippen molar-refractivity contribution in [3.8, 4) is 0 Å². The van der Waals surface area contributed by atoms with Gasteiger partial charge in [0.2, 0.25) is 11.0 Å². The van der Waals surface area contributed by atoms with Crippen molar-refractivity contribution in [2.75, 3.05) is 22.9 Å². The molecule has 0 saturated heterocycles. The SMILES string of the molecule is CCCNc1nnc(SCCC(=O)Nc2cc(C)on2)s1. The molecule has 0 saturated carbocycles. The Morgan fingerprint density at radius 3 is 3.05 bits per heavy atom. The third-order valence-corrected chi connectivity index (χ3v) is 4.40. The smallest absolute Gasteiger partial charge is 0.226 e. The van der Waals surface area contributed by atoms with Crippen molar-refractivity contribution in [1.29, 1.82) is 0 Å². The van der Waals surface area contributed by atoms with E-state index in [2.05, 4.69) is 32.9 Å². The van der Waals surface area contributed by atoms with E-state index in [0.29, 0.717) is 23.8 Å². The minimum Gasteiger partial charge on any atom is -0.360 e. The molecular weight excluding hydrogens is 310 g/mol. The van der Waals surface area contributed by atoms with Gasteiger partial charge in [0, 0.05) is 24.8 Å². The zero-order valence-corrected chi connectivity index (χ0v) is 13.5. The van der Waals surface area contributed by atoms with E-state index in [1.807, 2.05) is 0 Å². The van der Waals surface area contributed by atoms with Crippen LogP contribution in [0.4, 0.5) is 10.9 Å². The van der Waals surface area contributed by atoms with Crippen molar-refractivity contribution in [1.82, 2.24) is 15.4 Å². The van der Waals surface area contributed by atoms with Crippen molar-refractivity contribution in [3.05, 3.63) is 11.8 Å². The van der Waals surface area contributed by atoms with Gasteiger partial charge < -0.3 is 15.2 Å². The van der Waals surface area contributed by atoms with Crippen LogP contribution in [0.3, 0.4) is 0 Å². The lowest BCUT2D eigenvalue weighted by atomic mass is 10.4. The average Bonchev–Trinajstić information content (AvgIpc) is 3.06. The topological polar surface area (TPSA) is 92.9 Å². The van der Waals surface area contributed by atoms with Gasteiger partial charge in [-0.2, -0.15) is 0 Å². The minimum absolute atomic E-state index is 0.0929. The Morgan fingerprint density at radius 1 is 1.48 bits per heavy atom. The molecule has 1 amide bonds. The van der Waals surface area contributed by atoms with Crippen LogP contribution < -0.4 is 10.6 Å². The Bertz CT molecular complexity index is 584. The van der Waals surface area contributed by atoms with Crippen LogP contribution in [0.2, 0.25) is 0 Å². The quantitative estimate of drug-likeness (QED) is 0.720. The van der Waals surface area contributed by atoms with Crippen LogP contribution >= 0.6 is 23.1 Å². The zero-order valence-electron chi connectivity index (χ0n) is 11.9. The van der Waals surface area contributed by atoms with Crippen molar-refractivity contribution in [3.63, 3.8) is 0 Å². The molecule has 2 heterocycles. The fourth-order valence-corrected chi connectivity index (χ4v) is 3.22. The van der Waals surface area contributed by atoms with Crippen molar-refractivity contribution >= 4 is 40.0 Å². The van der Waals surface area contributed by atoms with E-state index in [1.54, 1.807) is 13.0 Å². The van der Waals surface area contributed by atoms with E-state index < -0.39 is 0 Å². The summed E-state index contributed by atoms with van der Waals surface area (Å²) in [6.45, 7) is 4.76. The number of hydrogen-bond acceptors (Lipinski definition) is 8. The van der Waals surface area contributed by atoms with Crippen LogP contribution in [0.1, 0.15) is 25.5 Å². The van der Waals surface area contributed by atoms with Crippen LogP contribution in [0.5, 0.6) is 0 Å². The first-order chi connectivity index (χ1) is 10.2. The molecule has 0 bridgehead atoms. The first-order valence-corrected chi connectivity index (χ1v) is 8.41. The molecule has 114 valence electrons. The van der Waals surface area contributed by atoms with E-state index in [-0.39, 0.29) is 5.91 Å². The Kier molecular flexibility index (Phi) is 6.00. The van der Waals surface area contributed by atoms with Crippen LogP contribution in [-0.4, -0.2) is 33.6 Å². The van der Waals surface area contributed by atoms with E-state index in [1.165, 1.54) is 23.1 Å². The maximum atomic E-state index is 11.7. The van der Waals surface area contributed by atoms with Gasteiger partial charge in [-0.1, -0.05) is 35.2 Å². The molecule has 2 rings (SSSR count). The first kappa shape index (κ1) is 15.8. The molecule has 2 N–H and O–H groups in total. The van der Waals surface area contributed by atoms with Gasteiger partial charge in [0.05, 0.1) is 0 Å². The molecule has 0 atom stereocenters. The number of aryl methyl sites for hydroxylation is 1. The number of rotatable bonds is 8. The molecule has 0 radical (unpaired) electrons. The molecule has 0 fully saturated rings. The highest BCUT2D eigenvalue weighted by atomic mass is 32.2. The summed E-state index contributed by atoms with van der Waals surface area (Å²) >= 11 is 3.02. The van der Waals surface area contributed by atoms with E-state index in [0.717, 1.165) is 22.4 Å². The second kappa shape index (κ2) is 7.99. The van der Waals surface area contributed by atoms with Gasteiger partial charge in [0.15, 0.2) is 10.2 Å². The summed E-state index contributed by atoms with van der Waals surface area (Å²) in [6.07, 6.45) is 1.43. The van der Waals surface area contributed by atoms with Gasteiger partial charge in [-0.3, -0.25) is 4.79 Å². The van der Waals surface area contributed by atoms with Gasteiger partial charge >= 0.3 is 0 Å². The van der Waals surface area contributed by atoms with Crippen molar-refractivity contribution < 1.29 is 9.32 Å². The summed E-state index contributed by atoms with van der Waals surface area (Å²) in [6, 6.07) is 1.68. The van der Waals surface area contributed by atoms with Gasteiger partial charge in [-0.25, -0.2) is 0 Å². The normalized spacial score (nSPS) is 10.6. The molecule has 2 aromatic heterocycles. The van der Waals surface area contributed by atoms with Crippen LogP contribution in [-0.2, 0) is 4.79 Å². The Hall–Kier alpha value is -1.61. The first-order valence-electron chi connectivity index (χ1n) is 6.60. The number of amides is 1. The molecular formula is C12H17N5O2S2. The van der Waals surface area contributed by atoms with Gasteiger partial charge in [0.25, 0.3) is 0 Å². The Labute approximate surface area is 130 Å². The lowest BCUT2D eigenvalue weighted by Crippen LogP contribution is -2.12. The summed E-state index contributed by atoms with van der Waals surface area (Å²) in [7, 11) is 0. The monoisotopic (exact) mass is 327 g/mol. The number of carbonyl (C=O) groups is 1. The Balaban J connectivity index is 1.68. The molecule has 7 nitrogen and oxygen atoms in total. The second-order valence-corrected chi connectivity index (χ2v) is 6.59. The molecule has 21 heavy (non-hydrogen) atoms. The highest BCUT2D eigenvalue weighted by Gasteiger charge is 2.08. The predicted octanol–water partition coefficient (Wildman–Crippen LogP) is 2.78. The predicted molar refractivity (Wildman–Crippen MR) is 83.9 cm³/mol. The molecule has 0 spiro atoms. The number of hydrogen-bond donors (Lipinski definition) is 2.